The van der Waals surface area contributed by atoms with E-state index in [1.54, 1.807) is 0 Å². The Kier molecular flexibility index (Phi) is 4.14. The second kappa shape index (κ2) is 6.27. The first-order valence-corrected chi connectivity index (χ1v) is 9.41. The maximum absolute atomic E-state index is 4.85. The predicted octanol–water partition coefficient (Wildman–Crippen LogP) is 4.39. The average Bonchev–Trinajstić information content (AvgIpc) is 2.84. The van der Waals surface area contributed by atoms with Crippen molar-refractivity contribution in [1.29, 1.82) is 0 Å². The Bertz CT molecular complexity index is 584. The number of aromatic nitrogens is 1. The molecular weight excluding hydrogens is 282 g/mol. The van der Waals surface area contributed by atoms with Crippen molar-refractivity contribution < 1.29 is 0 Å². The molecule has 2 fully saturated rings. The van der Waals surface area contributed by atoms with Gasteiger partial charge in [0.1, 0.15) is 0 Å². The fourth-order valence-electron chi connectivity index (χ4n) is 4.60. The van der Waals surface area contributed by atoms with Crippen LogP contribution in [0.2, 0.25) is 0 Å². The third kappa shape index (κ3) is 2.80. The zero-order valence-electron chi connectivity index (χ0n) is 14.5. The zero-order valence-corrected chi connectivity index (χ0v) is 14.5. The van der Waals surface area contributed by atoms with Crippen LogP contribution in [0.3, 0.4) is 0 Å². The molecule has 0 N–H and O–H groups in total. The van der Waals surface area contributed by atoms with Gasteiger partial charge in [0.15, 0.2) is 0 Å². The van der Waals surface area contributed by atoms with E-state index in [0.717, 1.165) is 11.6 Å². The Labute approximate surface area is 140 Å². The molecule has 0 radical (unpaired) electrons. The van der Waals surface area contributed by atoms with E-state index in [4.69, 9.17) is 4.98 Å². The lowest BCUT2D eigenvalue weighted by molar-refractivity contribution is -0.0378. The van der Waals surface area contributed by atoms with Crippen LogP contribution in [-0.2, 0) is 0 Å². The normalized spacial score (nSPS) is 27.1. The summed E-state index contributed by atoms with van der Waals surface area (Å²) in [5.41, 5.74) is 3.76. The molecule has 0 spiro atoms. The largest absolute Gasteiger partial charge is 0.309 e. The van der Waals surface area contributed by atoms with Gasteiger partial charge in [-0.1, -0.05) is 25.3 Å². The maximum atomic E-state index is 4.85. The van der Waals surface area contributed by atoms with Crippen molar-refractivity contribution in [2.75, 3.05) is 7.05 Å². The summed E-state index contributed by atoms with van der Waals surface area (Å²) >= 11 is 0. The number of rotatable bonds is 3. The van der Waals surface area contributed by atoms with E-state index in [0.29, 0.717) is 12.1 Å². The standard InChI is InChI=1S/C20H29N3/c1-15-8-6-13-19(21-15)18-14-23(17-11-7-12-17)22(2)20(18)16-9-4-3-5-10-16/h6,8,13-14,16-17,20H,3-5,7,9-12H2,1-2H3. The molecule has 2 heterocycles. The molecular formula is C20H29N3. The molecule has 3 heteroatoms. The maximum Gasteiger partial charge on any atom is 0.0696 e. The van der Waals surface area contributed by atoms with Gasteiger partial charge in [0.05, 0.1) is 11.7 Å². The minimum Gasteiger partial charge on any atom is -0.309 e. The first kappa shape index (κ1) is 15.2. The van der Waals surface area contributed by atoms with Crippen molar-refractivity contribution >= 4 is 5.57 Å². The number of hydrogen-bond acceptors (Lipinski definition) is 3. The zero-order chi connectivity index (χ0) is 15.8. The van der Waals surface area contributed by atoms with Crippen molar-refractivity contribution in [3.05, 3.63) is 35.8 Å². The van der Waals surface area contributed by atoms with Crippen molar-refractivity contribution in [3.8, 4) is 0 Å². The summed E-state index contributed by atoms with van der Waals surface area (Å²) in [4.78, 5) is 4.85. The Hall–Kier alpha value is -1.35. The number of likely N-dealkylation sites (N-methyl/N-ethyl adjacent to an activating group) is 1. The van der Waals surface area contributed by atoms with E-state index in [9.17, 15) is 0 Å². The minimum absolute atomic E-state index is 0.519. The quantitative estimate of drug-likeness (QED) is 0.825. The molecule has 1 aromatic heterocycles. The number of hydrogen-bond donors (Lipinski definition) is 0. The van der Waals surface area contributed by atoms with Gasteiger partial charge in [-0.2, -0.15) is 0 Å². The highest BCUT2D eigenvalue weighted by molar-refractivity contribution is 5.69. The molecule has 23 heavy (non-hydrogen) atoms. The summed E-state index contributed by atoms with van der Waals surface area (Å²) in [5, 5.41) is 5.07. The Balaban J connectivity index is 1.67. The van der Waals surface area contributed by atoms with E-state index in [2.05, 4.69) is 48.4 Å². The van der Waals surface area contributed by atoms with E-state index in [-0.39, 0.29) is 0 Å². The van der Waals surface area contributed by atoms with Gasteiger partial charge in [0.2, 0.25) is 0 Å². The number of pyridine rings is 1. The van der Waals surface area contributed by atoms with Crippen LogP contribution in [0.25, 0.3) is 5.57 Å². The third-order valence-corrected chi connectivity index (χ3v) is 6.09. The SMILES string of the molecule is Cc1cccc(C2=CN(C3CCC3)N(C)C2C2CCCCC2)n1. The molecule has 2 saturated carbocycles. The van der Waals surface area contributed by atoms with E-state index in [1.807, 2.05) is 0 Å². The van der Waals surface area contributed by atoms with E-state index in [1.165, 1.54) is 62.6 Å². The first-order valence-electron chi connectivity index (χ1n) is 9.41. The van der Waals surface area contributed by atoms with Gasteiger partial charge in [0.25, 0.3) is 0 Å². The molecule has 0 bridgehead atoms. The topological polar surface area (TPSA) is 19.4 Å². The van der Waals surface area contributed by atoms with Crippen molar-refractivity contribution in [3.63, 3.8) is 0 Å². The van der Waals surface area contributed by atoms with Crippen LogP contribution in [0.5, 0.6) is 0 Å². The molecule has 4 rings (SSSR count). The third-order valence-electron chi connectivity index (χ3n) is 6.09. The summed E-state index contributed by atoms with van der Waals surface area (Å²) in [6.07, 6.45) is 13.4. The monoisotopic (exact) mass is 311 g/mol. The van der Waals surface area contributed by atoms with Crippen LogP contribution in [0.4, 0.5) is 0 Å². The molecule has 0 aromatic carbocycles. The summed E-state index contributed by atoms with van der Waals surface area (Å²) in [7, 11) is 2.30. The average molecular weight is 311 g/mol. The van der Waals surface area contributed by atoms with Gasteiger partial charge < -0.3 is 5.01 Å². The van der Waals surface area contributed by atoms with Crippen molar-refractivity contribution in [2.24, 2.45) is 5.92 Å². The smallest absolute Gasteiger partial charge is 0.0696 e. The highest BCUT2D eigenvalue weighted by atomic mass is 15.6. The lowest BCUT2D eigenvalue weighted by atomic mass is 9.80. The van der Waals surface area contributed by atoms with Crippen LogP contribution in [0, 0.1) is 12.8 Å². The molecule has 124 valence electrons. The van der Waals surface area contributed by atoms with Crippen LogP contribution < -0.4 is 0 Å². The fourth-order valence-corrected chi connectivity index (χ4v) is 4.60. The molecule has 3 aliphatic rings. The van der Waals surface area contributed by atoms with E-state index >= 15 is 0 Å². The summed E-state index contributed by atoms with van der Waals surface area (Å²) in [5.74, 6) is 0.785. The minimum atomic E-state index is 0.519. The molecule has 1 aliphatic heterocycles. The number of hydrazine groups is 1. The molecule has 3 nitrogen and oxygen atoms in total. The highest BCUT2D eigenvalue weighted by Gasteiger charge is 2.41. The molecule has 1 atom stereocenters. The Morgan fingerprint density at radius 3 is 2.43 bits per heavy atom. The van der Waals surface area contributed by atoms with Gasteiger partial charge in [-0.05, 0) is 57.1 Å². The lowest BCUT2D eigenvalue weighted by Crippen LogP contribution is -2.49. The fraction of sp³-hybridized carbons (Fsp3) is 0.650. The van der Waals surface area contributed by atoms with Crippen LogP contribution in [-0.4, -0.2) is 34.1 Å². The van der Waals surface area contributed by atoms with Crippen LogP contribution in [0.15, 0.2) is 24.4 Å². The summed E-state index contributed by atoms with van der Waals surface area (Å²) in [6.45, 7) is 2.10. The number of nitrogens with zero attached hydrogens (tertiary/aromatic N) is 3. The van der Waals surface area contributed by atoms with Crippen molar-refractivity contribution in [2.45, 2.75) is 70.4 Å². The predicted molar refractivity (Wildman–Crippen MR) is 94.6 cm³/mol. The Morgan fingerprint density at radius 1 is 1.00 bits per heavy atom. The number of aryl methyl sites for hydroxylation is 1. The molecule has 1 unspecified atom stereocenters. The highest BCUT2D eigenvalue weighted by Crippen LogP contribution is 2.42. The van der Waals surface area contributed by atoms with Gasteiger partial charge in [0, 0.05) is 30.6 Å². The van der Waals surface area contributed by atoms with Gasteiger partial charge in [-0.15, -0.1) is 0 Å². The summed E-state index contributed by atoms with van der Waals surface area (Å²) < 4.78 is 0. The summed E-state index contributed by atoms with van der Waals surface area (Å²) in [6, 6.07) is 7.69. The molecule has 0 saturated heterocycles. The Morgan fingerprint density at radius 2 is 1.78 bits per heavy atom. The second-order valence-corrected chi connectivity index (χ2v) is 7.63. The van der Waals surface area contributed by atoms with Crippen LogP contribution in [0.1, 0.15) is 62.8 Å². The molecule has 0 amide bonds. The van der Waals surface area contributed by atoms with E-state index < -0.39 is 0 Å². The first-order chi connectivity index (χ1) is 11.2. The van der Waals surface area contributed by atoms with Gasteiger partial charge in [-0.3, -0.25) is 4.98 Å². The van der Waals surface area contributed by atoms with Gasteiger partial charge >= 0.3 is 0 Å². The lowest BCUT2D eigenvalue weighted by Gasteiger charge is -2.43. The second-order valence-electron chi connectivity index (χ2n) is 7.63. The van der Waals surface area contributed by atoms with Crippen LogP contribution >= 0.6 is 0 Å². The van der Waals surface area contributed by atoms with Crippen molar-refractivity contribution in [1.82, 2.24) is 15.0 Å². The molecule has 1 aromatic rings. The van der Waals surface area contributed by atoms with Gasteiger partial charge in [-0.25, -0.2) is 5.01 Å². The molecule has 2 aliphatic carbocycles.